The molecule has 0 saturated heterocycles. The number of hydrogen-bond acceptors (Lipinski definition) is 2. The summed E-state index contributed by atoms with van der Waals surface area (Å²) in [7, 11) is 0. The molecule has 2 nitrogen and oxygen atoms in total. The van der Waals surface area contributed by atoms with Crippen LogP contribution in [0.2, 0.25) is 0 Å². The van der Waals surface area contributed by atoms with Crippen molar-refractivity contribution in [3.8, 4) is 0 Å². The van der Waals surface area contributed by atoms with Crippen LogP contribution in [-0.4, -0.2) is 0 Å². The minimum absolute atomic E-state index is 0.231. The molecule has 0 unspecified atom stereocenters. The molecule has 0 aromatic heterocycles. The van der Waals surface area contributed by atoms with Crippen molar-refractivity contribution >= 4 is 0 Å². The third-order valence-corrected chi connectivity index (χ3v) is 2.80. The Labute approximate surface area is 92.8 Å². The molecular weight excluding hydrogens is 184 g/mol. The molecule has 1 rings (SSSR count). The van der Waals surface area contributed by atoms with E-state index >= 15 is 0 Å². The zero-order valence-electron chi connectivity index (χ0n) is 9.79. The zero-order valence-corrected chi connectivity index (χ0v) is 9.79. The molecule has 84 valence electrons. The molecule has 15 heavy (non-hydrogen) atoms. The maximum Gasteiger partial charge on any atom is 0.0431 e. The van der Waals surface area contributed by atoms with Gasteiger partial charge in [-0.05, 0) is 30.9 Å². The van der Waals surface area contributed by atoms with Crippen molar-refractivity contribution in [2.75, 3.05) is 0 Å². The smallest absolute Gasteiger partial charge is 0.0431 e. The number of rotatable bonds is 6. The van der Waals surface area contributed by atoms with Gasteiger partial charge in [-0.1, -0.05) is 44.0 Å². The summed E-state index contributed by atoms with van der Waals surface area (Å²) >= 11 is 0. The standard InChI is InChI=1S/C13H22N2/c1-3-4-5-6-12-7-9-13(10-8-12)11(2)15-14/h7-11,15H,3-6,14H2,1-2H3/t11-/m0/s1. The van der Waals surface area contributed by atoms with Gasteiger partial charge in [-0.2, -0.15) is 0 Å². The summed E-state index contributed by atoms with van der Waals surface area (Å²) in [6.45, 7) is 4.30. The normalized spacial score (nSPS) is 12.7. The highest BCUT2D eigenvalue weighted by molar-refractivity contribution is 5.24. The van der Waals surface area contributed by atoms with Crippen molar-refractivity contribution < 1.29 is 0 Å². The van der Waals surface area contributed by atoms with Gasteiger partial charge < -0.3 is 0 Å². The van der Waals surface area contributed by atoms with Crippen molar-refractivity contribution in [2.45, 2.75) is 45.6 Å². The van der Waals surface area contributed by atoms with Gasteiger partial charge >= 0.3 is 0 Å². The summed E-state index contributed by atoms with van der Waals surface area (Å²) in [5.74, 6) is 5.39. The molecule has 0 fully saturated rings. The molecule has 0 amide bonds. The van der Waals surface area contributed by atoms with E-state index in [4.69, 9.17) is 5.84 Å². The van der Waals surface area contributed by atoms with Crippen molar-refractivity contribution in [1.29, 1.82) is 0 Å². The number of nitrogens with one attached hydrogen (secondary N) is 1. The van der Waals surface area contributed by atoms with E-state index in [0.717, 1.165) is 0 Å². The fourth-order valence-corrected chi connectivity index (χ4v) is 1.65. The van der Waals surface area contributed by atoms with Crippen LogP contribution < -0.4 is 11.3 Å². The molecule has 1 aromatic rings. The molecule has 0 aliphatic carbocycles. The second kappa shape index (κ2) is 6.59. The summed E-state index contributed by atoms with van der Waals surface area (Å²) in [5.41, 5.74) is 5.43. The first-order chi connectivity index (χ1) is 7.27. The molecular formula is C13H22N2. The summed E-state index contributed by atoms with van der Waals surface area (Å²) in [5, 5.41) is 0. The Morgan fingerprint density at radius 3 is 2.40 bits per heavy atom. The number of hydrogen-bond donors (Lipinski definition) is 2. The van der Waals surface area contributed by atoms with E-state index in [9.17, 15) is 0 Å². The van der Waals surface area contributed by atoms with E-state index in [1.165, 1.54) is 36.8 Å². The van der Waals surface area contributed by atoms with Crippen LogP contribution in [-0.2, 0) is 6.42 Å². The van der Waals surface area contributed by atoms with Crippen molar-refractivity contribution in [1.82, 2.24) is 5.43 Å². The predicted octanol–water partition coefficient (Wildman–Crippen LogP) is 2.94. The molecule has 0 radical (unpaired) electrons. The quantitative estimate of drug-likeness (QED) is 0.426. The Kier molecular flexibility index (Phi) is 5.37. The first-order valence-electron chi connectivity index (χ1n) is 5.83. The van der Waals surface area contributed by atoms with Crippen LogP contribution >= 0.6 is 0 Å². The van der Waals surface area contributed by atoms with Gasteiger partial charge in [0.05, 0.1) is 0 Å². The Bertz CT molecular complexity index is 266. The third-order valence-electron chi connectivity index (χ3n) is 2.80. The summed E-state index contributed by atoms with van der Waals surface area (Å²) in [6.07, 6.45) is 5.09. The molecule has 1 atom stereocenters. The molecule has 0 saturated carbocycles. The molecule has 0 bridgehead atoms. The number of benzene rings is 1. The summed E-state index contributed by atoms with van der Waals surface area (Å²) < 4.78 is 0. The topological polar surface area (TPSA) is 38.0 Å². The first kappa shape index (κ1) is 12.2. The van der Waals surface area contributed by atoms with Crippen LogP contribution in [0, 0.1) is 0 Å². The zero-order chi connectivity index (χ0) is 11.1. The molecule has 0 aliphatic heterocycles. The molecule has 1 aromatic carbocycles. The highest BCUT2D eigenvalue weighted by Crippen LogP contribution is 2.13. The second-order valence-corrected chi connectivity index (χ2v) is 4.09. The van der Waals surface area contributed by atoms with Crippen LogP contribution in [0.25, 0.3) is 0 Å². The lowest BCUT2D eigenvalue weighted by atomic mass is 10.0. The second-order valence-electron chi connectivity index (χ2n) is 4.09. The number of unbranched alkanes of at least 4 members (excludes halogenated alkanes) is 2. The third kappa shape index (κ3) is 4.02. The van der Waals surface area contributed by atoms with Gasteiger partial charge in [0.1, 0.15) is 0 Å². The fraction of sp³-hybridized carbons (Fsp3) is 0.538. The van der Waals surface area contributed by atoms with E-state index in [1.807, 2.05) is 0 Å². The summed E-state index contributed by atoms with van der Waals surface area (Å²) in [6, 6.07) is 8.96. The van der Waals surface area contributed by atoms with Crippen molar-refractivity contribution in [3.05, 3.63) is 35.4 Å². The van der Waals surface area contributed by atoms with E-state index in [1.54, 1.807) is 0 Å². The van der Waals surface area contributed by atoms with Crippen LogP contribution in [0.1, 0.15) is 50.3 Å². The lowest BCUT2D eigenvalue weighted by Gasteiger charge is -2.10. The molecule has 0 spiro atoms. The van der Waals surface area contributed by atoms with E-state index in [0.29, 0.717) is 0 Å². The predicted molar refractivity (Wildman–Crippen MR) is 65.4 cm³/mol. The maximum absolute atomic E-state index is 5.39. The van der Waals surface area contributed by atoms with E-state index in [2.05, 4.69) is 43.5 Å². The van der Waals surface area contributed by atoms with E-state index in [-0.39, 0.29) is 6.04 Å². The van der Waals surface area contributed by atoms with Gasteiger partial charge in [-0.15, -0.1) is 0 Å². The molecule has 0 aliphatic rings. The Hall–Kier alpha value is -0.860. The van der Waals surface area contributed by atoms with Crippen molar-refractivity contribution in [2.24, 2.45) is 5.84 Å². The van der Waals surface area contributed by atoms with Gasteiger partial charge in [-0.25, -0.2) is 0 Å². The van der Waals surface area contributed by atoms with Crippen molar-refractivity contribution in [3.63, 3.8) is 0 Å². The minimum atomic E-state index is 0.231. The largest absolute Gasteiger partial charge is 0.271 e. The molecule has 2 heteroatoms. The Morgan fingerprint density at radius 2 is 1.87 bits per heavy atom. The lowest BCUT2D eigenvalue weighted by molar-refractivity contribution is 0.602. The molecule has 3 N–H and O–H groups in total. The van der Waals surface area contributed by atoms with Gasteiger partial charge in [0.25, 0.3) is 0 Å². The fourth-order valence-electron chi connectivity index (χ4n) is 1.65. The Balaban J connectivity index is 2.49. The van der Waals surface area contributed by atoms with Crippen LogP contribution in [0.15, 0.2) is 24.3 Å². The summed E-state index contributed by atoms with van der Waals surface area (Å²) in [4.78, 5) is 0. The first-order valence-corrected chi connectivity index (χ1v) is 5.83. The minimum Gasteiger partial charge on any atom is -0.271 e. The van der Waals surface area contributed by atoms with Gasteiger partial charge in [0, 0.05) is 6.04 Å². The SMILES string of the molecule is CCCCCc1ccc([C@H](C)NN)cc1. The monoisotopic (exact) mass is 206 g/mol. The van der Waals surface area contributed by atoms with E-state index < -0.39 is 0 Å². The van der Waals surface area contributed by atoms with Crippen LogP contribution in [0.4, 0.5) is 0 Å². The maximum atomic E-state index is 5.39. The van der Waals surface area contributed by atoms with Crippen LogP contribution in [0.3, 0.4) is 0 Å². The molecule has 0 heterocycles. The highest BCUT2D eigenvalue weighted by Gasteiger charge is 2.01. The lowest BCUT2D eigenvalue weighted by Crippen LogP contribution is -2.25. The number of aryl methyl sites for hydroxylation is 1. The highest BCUT2D eigenvalue weighted by atomic mass is 15.2. The average molecular weight is 206 g/mol. The average Bonchev–Trinajstić information content (AvgIpc) is 2.29. The number of nitrogens with two attached hydrogens (primary N) is 1. The Morgan fingerprint density at radius 1 is 1.20 bits per heavy atom. The van der Waals surface area contributed by atoms with Gasteiger partial charge in [0.2, 0.25) is 0 Å². The number of hydrazine groups is 1. The van der Waals surface area contributed by atoms with Gasteiger partial charge in [-0.3, -0.25) is 11.3 Å². The van der Waals surface area contributed by atoms with Gasteiger partial charge in [0.15, 0.2) is 0 Å². The van der Waals surface area contributed by atoms with Crippen LogP contribution in [0.5, 0.6) is 0 Å².